The van der Waals surface area contributed by atoms with Crippen molar-refractivity contribution in [2.24, 2.45) is 23.7 Å². The van der Waals surface area contributed by atoms with Gasteiger partial charge < -0.3 is 0 Å². The SMILES string of the molecule is CCCCCCCCCC(C)CC(C)C(C)CC(C)CCCCCCCCC. The van der Waals surface area contributed by atoms with E-state index in [0.29, 0.717) is 0 Å². The fourth-order valence-electron chi connectivity index (χ4n) is 4.87. The van der Waals surface area contributed by atoms with Gasteiger partial charge in [0.05, 0.1) is 0 Å². The monoisotopic (exact) mass is 394 g/mol. The summed E-state index contributed by atoms with van der Waals surface area (Å²) in [7, 11) is 0. The van der Waals surface area contributed by atoms with Crippen molar-refractivity contribution in [3.63, 3.8) is 0 Å². The fourth-order valence-corrected chi connectivity index (χ4v) is 4.87. The molecule has 0 aromatic carbocycles. The van der Waals surface area contributed by atoms with Crippen molar-refractivity contribution in [2.75, 3.05) is 0 Å². The largest absolute Gasteiger partial charge is 0.0654 e. The van der Waals surface area contributed by atoms with Gasteiger partial charge in [-0.05, 0) is 36.5 Å². The topological polar surface area (TPSA) is 0 Å². The lowest BCUT2D eigenvalue weighted by Crippen LogP contribution is -2.15. The third-order valence-corrected chi connectivity index (χ3v) is 7.12. The van der Waals surface area contributed by atoms with E-state index in [4.69, 9.17) is 0 Å². The first-order chi connectivity index (χ1) is 13.5. The highest BCUT2D eigenvalue weighted by Crippen LogP contribution is 2.29. The molecule has 0 rings (SSSR count). The standard InChI is InChI=1S/C28H58/c1-7-9-11-13-15-17-19-21-25(3)23-27(5)28(6)24-26(4)22-20-18-16-14-12-10-8-2/h25-28H,7-24H2,1-6H3. The molecule has 0 nitrogen and oxygen atoms in total. The molecule has 0 fully saturated rings. The summed E-state index contributed by atoms with van der Waals surface area (Å²) >= 11 is 0. The molecule has 4 unspecified atom stereocenters. The minimum absolute atomic E-state index is 0.899. The molecule has 0 aliphatic carbocycles. The van der Waals surface area contributed by atoms with Crippen LogP contribution in [-0.2, 0) is 0 Å². The Morgan fingerprint density at radius 1 is 0.393 bits per heavy atom. The Labute approximate surface area is 181 Å². The zero-order valence-corrected chi connectivity index (χ0v) is 21.0. The van der Waals surface area contributed by atoms with E-state index in [2.05, 4.69) is 41.5 Å². The van der Waals surface area contributed by atoms with Crippen LogP contribution in [0, 0.1) is 23.7 Å². The average Bonchev–Trinajstić information content (AvgIpc) is 2.66. The molecule has 0 N–H and O–H groups in total. The van der Waals surface area contributed by atoms with E-state index in [1.165, 1.54) is 116 Å². The fraction of sp³-hybridized carbons (Fsp3) is 1.00. The average molecular weight is 395 g/mol. The molecule has 0 saturated heterocycles. The second-order valence-corrected chi connectivity index (χ2v) is 10.5. The molecular weight excluding hydrogens is 336 g/mol. The molecule has 0 aromatic heterocycles. The van der Waals surface area contributed by atoms with Crippen LogP contribution >= 0.6 is 0 Å². The molecule has 0 bridgehead atoms. The van der Waals surface area contributed by atoms with Gasteiger partial charge in [-0.3, -0.25) is 0 Å². The Balaban J connectivity index is 3.67. The molecule has 0 aliphatic heterocycles. The van der Waals surface area contributed by atoms with Crippen molar-refractivity contribution in [1.82, 2.24) is 0 Å². The van der Waals surface area contributed by atoms with Crippen LogP contribution in [0.3, 0.4) is 0 Å². The van der Waals surface area contributed by atoms with Crippen LogP contribution in [0.2, 0.25) is 0 Å². The van der Waals surface area contributed by atoms with Gasteiger partial charge in [-0.25, -0.2) is 0 Å². The minimum Gasteiger partial charge on any atom is -0.0654 e. The van der Waals surface area contributed by atoms with Crippen molar-refractivity contribution in [3.8, 4) is 0 Å². The van der Waals surface area contributed by atoms with E-state index >= 15 is 0 Å². The Bertz CT molecular complexity index is 264. The number of hydrogen-bond donors (Lipinski definition) is 0. The molecule has 0 spiro atoms. The quantitative estimate of drug-likeness (QED) is 0.170. The highest BCUT2D eigenvalue weighted by Gasteiger charge is 2.17. The van der Waals surface area contributed by atoms with Crippen molar-refractivity contribution in [3.05, 3.63) is 0 Å². The number of hydrogen-bond acceptors (Lipinski definition) is 0. The Kier molecular flexibility index (Phi) is 20.3. The van der Waals surface area contributed by atoms with E-state index < -0.39 is 0 Å². The number of rotatable bonds is 21. The highest BCUT2D eigenvalue weighted by atomic mass is 14.2. The van der Waals surface area contributed by atoms with Gasteiger partial charge in [0.25, 0.3) is 0 Å². The Hall–Kier alpha value is 0. The maximum atomic E-state index is 2.52. The summed E-state index contributed by atoms with van der Waals surface area (Å²) in [5.41, 5.74) is 0. The second kappa shape index (κ2) is 20.3. The molecule has 0 amide bonds. The molecule has 0 heteroatoms. The molecule has 0 aromatic rings. The van der Waals surface area contributed by atoms with Crippen LogP contribution in [-0.4, -0.2) is 0 Å². The predicted molar refractivity (Wildman–Crippen MR) is 131 cm³/mol. The van der Waals surface area contributed by atoms with Crippen LogP contribution in [0.25, 0.3) is 0 Å². The predicted octanol–water partition coefficient (Wildman–Crippen LogP) is 10.6. The van der Waals surface area contributed by atoms with Gasteiger partial charge in [0.2, 0.25) is 0 Å². The summed E-state index contributed by atoms with van der Waals surface area (Å²) in [6, 6.07) is 0. The van der Waals surface area contributed by atoms with Crippen molar-refractivity contribution in [1.29, 1.82) is 0 Å². The van der Waals surface area contributed by atoms with Crippen LogP contribution in [0.1, 0.15) is 157 Å². The first-order valence-corrected chi connectivity index (χ1v) is 13.5. The molecule has 0 radical (unpaired) electrons. The lowest BCUT2D eigenvalue weighted by atomic mass is 9.80. The van der Waals surface area contributed by atoms with Gasteiger partial charge in [-0.2, -0.15) is 0 Å². The Morgan fingerprint density at radius 3 is 1.00 bits per heavy atom. The molecule has 28 heavy (non-hydrogen) atoms. The summed E-state index contributed by atoms with van der Waals surface area (Å²) in [5, 5.41) is 0. The van der Waals surface area contributed by atoms with Crippen LogP contribution in [0.15, 0.2) is 0 Å². The third kappa shape index (κ3) is 18.1. The van der Waals surface area contributed by atoms with Gasteiger partial charge in [0, 0.05) is 0 Å². The van der Waals surface area contributed by atoms with E-state index in [0.717, 1.165) is 23.7 Å². The van der Waals surface area contributed by atoms with Crippen LogP contribution in [0.4, 0.5) is 0 Å². The normalized spacial score (nSPS) is 16.1. The van der Waals surface area contributed by atoms with Crippen molar-refractivity contribution < 1.29 is 0 Å². The minimum atomic E-state index is 0.899. The summed E-state index contributed by atoms with van der Waals surface area (Å²) in [5.74, 6) is 3.64. The molecule has 0 aliphatic rings. The van der Waals surface area contributed by atoms with Gasteiger partial charge >= 0.3 is 0 Å². The first-order valence-electron chi connectivity index (χ1n) is 13.5. The van der Waals surface area contributed by atoms with E-state index in [1.807, 2.05) is 0 Å². The molecule has 170 valence electrons. The van der Waals surface area contributed by atoms with Gasteiger partial charge in [0.15, 0.2) is 0 Å². The number of unbranched alkanes of at least 4 members (excludes halogenated alkanes) is 12. The molecule has 0 saturated carbocycles. The van der Waals surface area contributed by atoms with Crippen molar-refractivity contribution in [2.45, 2.75) is 157 Å². The van der Waals surface area contributed by atoms with Gasteiger partial charge in [-0.1, -0.05) is 144 Å². The Morgan fingerprint density at radius 2 is 0.679 bits per heavy atom. The van der Waals surface area contributed by atoms with Gasteiger partial charge in [0.1, 0.15) is 0 Å². The zero-order valence-electron chi connectivity index (χ0n) is 21.0. The van der Waals surface area contributed by atoms with Gasteiger partial charge in [-0.15, -0.1) is 0 Å². The lowest BCUT2D eigenvalue weighted by molar-refractivity contribution is 0.255. The maximum Gasteiger partial charge on any atom is -0.0414 e. The molecule has 0 heterocycles. The molecular formula is C28H58. The second-order valence-electron chi connectivity index (χ2n) is 10.5. The van der Waals surface area contributed by atoms with Crippen LogP contribution < -0.4 is 0 Å². The van der Waals surface area contributed by atoms with E-state index in [9.17, 15) is 0 Å². The summed E-state index contributed by atoms with van der Waals surface area (Å²) in [6.45, 7) is 14.7. The summed E-state index contributed by atoms with van der Waals surface area (Å²) in [6.07, 6.45) is 26.0. The molecule has 4 atom stereocenters. The third-order valence-electron chi connectivity index (χ3n) is 7.12. The first kappa shape index (κ1) is 28.0. The van der Waals surface area contributed by atoms with Crippen LogP contribution in [0.5, 0.6) is 0 Å². The zero-order chi connectivity index (χ0) is 21.0. The smallest absolute Gasteiger partial charge is 0.0414 e. The van der Waals surface area contributed by atoms with Crippen molar-refractivity contribution >= 4 is 0 Å². The maximum absolute atomic E-state index is 2.52. The summed E-state index contributed by atoms with van der Waals surface area (Å²) < 4.78 is 0. The lowest BCUT2D eigenvalue weighted by Gasteiger charge is -2.26. The van der Waals surface area contributed by atoms with E-state index in [-0.39, 0.29) is 0 Å². The summed E-state index contributed by atoms with van der Waals surface area (Å²) in [4.78, 5) is 0. The van der Waals surface area contributed by atoms with E-state index in [1.54, 1.807) is 0 Å². The highest BCUT2D eigenvalue weighted by molar-refractivity contribution is 4.69.